The number of hydrogen-bond acceptors (Lipinski definition) is 7. The number of aromatic amines is 1. The van der Waals surface area contributed by atoms with E-state index in [9.17, 15) is 19.6 Å². The Kier molecular flexibility index (Phi) is 6.79. The highest BCUT2D eigenvalue weighted by Crippen LogP contribution is 2.29. The van der Waals surface area contributed by atoms with Crippen LogP contribution in [0.1, 0.15) is 29.8 Å². The molecule has 4 heterocycles. The van der Waals surface area contributed by atoms with Crippen molar-refractivity contribution >= 4 is 22.8 Å². The van der Waals surface area contributed by atoms with E-state index < -0.39 is 17.7 Å². The minimum Gasteiger partial charge on any atom is -0.387 e. The summed E-state index contributed by atoms with van der Waals surface area (Å²) in [6.45, 7) is 2.32. The van der Waals surface area contributed by atoms with Gasteiger partial charge in [0.1, 0.15) is 12.2 Å². The van der Waals surface area contributed by atoms with Crippen LogP contribution in [0.25, 0.3) is 28.2 Å². The number of imidazole rings is 1. The lowest BCUT2D eigenvalue weighted by Gasteiger charge is -2.22. The maximum Gasteiger partial charge on any atom is 0.255 e. The smallest absolute Gasteiger partial charge is 0.255 e. The molecule has 1 aromatic carbocycles. The van der Waals surface area contributed by atoms with Crippen LogP contribution in [0.5, 0.6) is 0 Å². The van der Waals surface area contributed by atoms with Crippen LogP contribution in [0.4, 0.5) is 15.8 Å². The maximum atomic E-state index is 14.3. The van der Waals surface area contributed by atoms with Crippen LogP contribution in [0.15, 0.2) is 73.4 Å². The van der Waals surface area contributed by atoms with Crippen molar-refractivity contribution in [1.29, 1.82) is 5.26 Å². The monoisotopic (exact) mass is 524 g/mol. The van der Waals surface area contributed by atoms with Crippen molar-refractivity contribution in [2.24, 2.45) is 0 Å². The van der Waals surface area contributed by atoms with E-state index in [2.05, 4.69) is 36.8 Å². The van der Waals surface area contributed by atoms with Crippen LogP contribution in [0, 0.1) is 11.3 Å². The number of fused-ring (bicyclic) bond motifs is 1. The summed E-state index contributed by atoms with van der Waals surface area (Å²) in [6, 6.07) is 16.7. The standard InChI is InChI=1S/C28H25FN8O2/c1-28(2,39)26(29)15-33-27(38)21-13-32-23(25-8-7-20-9-17(11-30)12-35-37(20)25)10-22(21)36-19-5-3-18(4-6-19)24-14-31-16-34-24/h3-10,12-14,16,26,39H,15H2,1-2H3,(H,31,34)(H,32,36)(H,33,38)/t26-/m1/s1. The van der Waals surface area contributed by atoms with Crippen molar-refractivity contribution in [1.82, 2.24) is 29.9 Å². The molecule has 0 aliphatic heterocycles. The zero-order chi connectivity index (χ0) is 27.6. The summed E-state index contributed by atoms with van der Waals surface area (Å²) in [7, 11) is 0. The van der Waals surface area contributed by atoms with E-state index >= 15 is 0 Å². The van der Waals surface area contributed by atoms with E-state index in [1.807, 2.05) is 36.4 Å². The molecule has 11 heteroatoms. The van der Waals surface area contributed by atoms with Crippen LogP contribution in [-0.2, 0) is 0 Å². The third-order valence-corrected chi connectivity index (χ3v) is 6.22. The number of nitrogens with one attached hydrogen (secondary N) is 3. The molecule has 10 nitrogen and oxygen atoms in total. The average Bonchev–Trinajstić information content (AvgIpc) is 3.61. The second-order valence-corrected chi connectivity index (χ2v) is 9.53. The number of alkyl halides is 1. The highest BCUT2D eigenvalue weighted by Gasteiger charge is 2.27. The lowest BCUT2D eigenvalue weighted by atomic mass is 10.0. The number of aliphatic hydroxyl groups is 1. The second kappa shape index (κ2) is 10.4. The van der Waals surface area contributed by atoms with Gasteiger partial charge >= 0.3 is 0 Å². The normalized spacial score (nSPS) is 12.2. The number of benzene rings is 1. The molecule has 1 amide bonds. The summed E-state index contributed by atoms with van der Waals surface area (Å²) in [6.07, 6.45) is 4.55. The zero-order valence-electron chi connectivity index (χ0n) is 21.2. The Bertz CT molecular complexity index is 1670. The molecule has 196 valence electrons. The molecule has 5 rings (SSSR count). The highest BCUT2D eigenvalue weighted by molar-refractivity contribution is 6.00. The van der Waals surface area contributed by atoms with E-state index in [-0.39, 0.29) is 12.1 Å². The molecule has 4 N–H and O–H groups in total. The number of hydrogen-bond donors (Lipinski definition) is 4. The van der Waals surface area contributed by atoms with Crippen LogP contribution >= 0.6 is 0 Å². The van der Waals surface area contributed by atoms with Gasteiger partial charge in [0.25, 0.3) is 5.91 Å². The number of pyridine rings is 1. The maximum absolute atomic E-state index is 14.3. The number of amides is 1. The third-order valence-electron chi connectivity index (χ3n) is 6.22. The molecule has 1 atom stereocenters. The van der Waals surface area contributed by atoms with Crippen LogP contribution in [0.2, 0.25) is 0 Å². The van der Waals surface area contributed by atoms with Gasteiger partial charge < -0.3 is 20.7 Å². The van der Waals surface area contributed by atoms with Gasteiger partial charge in [0.2, 0.25) is 0 Å². The summed E-state index contributed by atoms with van der Waals surface area (Å²) in [5.74, 6) is -0.547. The van der Waals surface area contributed by atoms with Crippen molar-refractivity contribution in [2.75, 3.05) is 11.9 Å². The first-order chi connectivity index (χ1) is 18.7. The first-order valence-electron chi connectivity index (χ1n) is 12.1. The summed E-state index contributed by atoms with van der Waals surface area (Å²) in [4.78, 5) is 24.7. The molecule has 0 saturated heterocycles. The quantitative estimate of drug-likeness (QED) is 0.238. The minimum atomic E-state index is -1.66. The van der Waals surface area contributed by atoms with Gasteiger partial charge in [-0.25, -0.2) is 13.9 Å². The molecule has 4 aromatic heterocycles. The van der Waals surface area contributed by atoms with Gasteiger partial charge in [-0.15, -0.1) is 0 Å². The molecule has 0 radical (unpaired) electrons. The number of carbonyl (C=O) groups excluding carboxylic acids is 1. The number of anilines is 2. The highest BCUT2D eigenvalue weighted by atomic mass is 19.1. The Hall–Kier alpha value is -5.08. The molecule has 0 spiro atoms. The van der Waals surface area contributed by atoms with E-state index in [1.165, 1.54) is 26.2 Å². The zero-order valence-corrected chi connectivity index (χ0v) is 21.2. The average molecular weight is 525 g/mol. The molecule has 0 unspecified atom stereocenters. The van der Waals surface area contributed by atoms with E-state index in [0.29, 0.717) is 28.3 Å². The number of H-pyrrole nitrogens is 1. The van der Waals surface area contributed by atoms with Crippen LogP contribution in [-0.4, -0.2) is 53.9 Å². The molecule has 0 saturated carbocycles. The molecule has 0 aliphatic carbocycles. The summed E-state index contributed by atoms with van der Waals surface area (Å²) >= 11 is 0. The molecular weight excluding hydrogens is 499 g/mol. The van der Waals surface area contributed by atoms with Gasteiger partial charge in [-0.3, -0.25) is 9.78 Å². The fourth-order valence-electron chi connectivity index (χ4n) is 3.96. The molecular formula is C28H25FN8O2. The molecule has 0 fully saturated rings. The van der Waals surface area contributed by atoms with Crippen molar-refractivity contribution in [3.05, 3.63) is 84.6 Å². The Morgan fingerprint density at radius 1 is 1.18 bits per heavy atom. The number of nitriles is 1. The van der Waals surface area contributed by atoms with E-state index in [0.717, 1.165) is 16.8 Å². The number of aromatic nitrogens is 5. The Morgan fingerprint density at radius 3 is 2.67 bits per heavy atom. The van der Waals surface area contributed by atoms with Gasteiger partial charge in [-0.2, -0.15) is 10.4 Å². The lowest BCUT2D eigenvalue weighted by Crippen LogP contribution is -2.42. The van der Waals surface area contributed by atoms with Crippen molar-refractivity contribution < 1.29 is 14.3 Å². The van der Waals surface area contributed by atoms with Crippen LogP contribution in [0.3, 0.4) is 0 Å². The second-order valence-electron chi connectivity index (χ2n) is 9.53. The third kappa shape index (κ3) is 5.46. The lowest BCUT2D eigenvalue weighted by molar-refractivity contribution is -0.00177. The summed E-state index contributed by atoms with van der Waals surface area (Å²) in [5.41, 5.74) is 3.89. The summed E-state index contributed by atoms with van der Waals surface area (Å²) < 4.78 is 16.0. The van der Waals surface area contributed by atoms with Gasteiger partial charge in [0, 0.05) is 11.9 Å². The molecule has 5 aromatic rings. The van der Waals surface area contributed by atoms with Crippen LogP contribution < -0.4 is 10.6 Å². The topological polar surface area (TPSA) is 144 Å². The van der Waals surface area contributed by atoms with Gasteiger partial charge in [-0.05, 0) is 55.8 Å². The fraction of sp³-hybridized carbons (Fsp3) is 0.179. The first-order valence-corrected chi connectivity index (χ1v) is 12.1. The van der Waals surface area contributed by atoms with Crippen molar-refractivity contribution in [3.8, 4) is 28.7 Å². The van der Waals surface area contributed by atoms with E-state index in [4.69, 9.17) is 0 Å². The predicted octanol–water partition coefficient (Wildman–Crippen LogP) is 4.24. The van der Waals surface area contributed by atoms with Gasteiger partial charge in [-0.1, -0.05) is 12.1 Å². The minimum absolute atomic E-state index is 0.194. The summed E-state index contributed by atoms with van der Waals surface area (Å²) in [5, 5.41) is 29.2. The van der Waals surface area contributed by atoms with E-state index in [1.54, 1.807) is 29.2 Å². The van der Waals surface area contributed by atoms with Gasteiger partial charge in [0.15, 0.2) is 0 Å². The Labute approximate surface area is 223 Å². The Balaban J connectivity index is 1.49. The largest absolute Gasteiger partial charge is 0.387 e. The molecule has 0 aliphatic rings. The predicted molar refractivity (Wildman–Crippen MR) is 144 cm³/mol. The first kappa shape index (κ1) is 25.6. The number of halogens is 1. The SMILES string of the molecule is CC(C)(O)[C@H](F)CNC(=O)c1cnc(-c2ccc3cc(C#N)cnn23)cc1Nc1ccc(-c2cnc[nH]2)cc1. The van der Waals surface area contributed by atoms with Crippen molar-refractivity contribution in [2.45, 2.75) is 25.6 Å². The Morgan fingerprint density at radius 2 is 1.97 bits per heavy atom. The number of nitrogens with zero attached hydrogens (tertiary/aromatic N) is 5. The fourth-order valence-corrected chi connectivity index (χ4v) is 3.96. The van der Waals surface area contributed by atoms with Crippen molar-refractivity contribution in [3.63, 3.8) is 0 Å². The molecule has 39 heavy (non-hydrogen) atoms. The van der Waals surface area contributed by atoms with Gasteiger partial charge in [0.05, 0.1) is 70.3 Å². The number of carbonyl (C=O) groups is 1. The number of rotatable bonds is 8. The molecule has 0 bridgehead atoms.